The molecule has 1 aromatic rings. The average molecular weight is 374 g/mol. The zero-order valence-electron chi connectivity index (χ0n) is 13.9. The van der Waals surface area contributed by atoms with E-state index in [0.29, 0.717) is 19.5 Å². The van der Waals surface area contributed by atoms with Crippen molar-refractivity contribution in [2.45, 2.75) is 19.1 Å². The highest BCUT2D eigenvalue weighted by molar-refractivity contribution is 7.88. The number of amides is 1. The Labute approximate surface area is 146 Å². The Morgan fingerprint density at radius 1 is 1.44 bits per heavy atom. The Morgan fingerprint density at radius 2 is 2.20 bits per heavy atom. The number of aliphatic carboxylic acids is 1. The van der Waals surface area contributed by atoms with E-state index >= 15 is 0 Å². The molecule has 1 aromatic heterocycles. The predicted molar refractivity (Wildman–Crippen MR) is 87.2 cm³/mol. The van der Waals surface area contributed by atoms with Gasteiger partial charge in [0.05, 0.1) is 25.3 Å². The van der Waals surface area contributed by atoms with E-state index in [1.165, 1.54) is 0 Å². The lowest BCUT2D eigenvalue weighted by molar-refractivity contribution is -0.141. The molecule has 2 heterocycles. The monoisotopic (exact) mass is 374 g/mol. The van der Waals surface area contributed by atoms with Crippen LogP contribution in [0.3, 0.4) is 0 Å². The first-order valence-corrected chi connectivity index (χ1v) is 9.62. The lowest BCUT2D eigenvalue weighted by Crippen LogP contribution is -2.51. The third-order valence-corrected chi connectivity index (χ3v) is 5.04. The van der Waals surface area contributed by atoms with Gasteiger partial charge in [-0.3, -0.25) is 9.59 Å². The minimum atomic E-state index is -3.68. The smallest absolute Gasteiger partial charge is 0.318 e. The quantitative estimate of drug-likeness (QED) is 0.609. The van der Waals surface area contributed by atoms with E-state index in [-0.39, 0.29) is 25.6 Å². The molecule has 0 aromatic carbocycles. The average Bonchev–Trinajstić information content (AvgIpc) is 3.04. The van der Waals surface area contributed by atoms with Crippen LogP contribution in [0.2, 0.25) is 0 Å². The highest BCUT2D eigenvalue weighted by atomic mass is 32.2. The number of hydrogen-bond acceptors (Lipinski definition) is 6. The topological polar surface area (TPSA) is 122 Å². The Balaban J connectivity index is 1.90. The summed E-state index contributed by atoms with van der Waals surface area (Å²) in [6.45, 7) is 0.719. The Bertz CT molecular complexity index is 690. The number of aromatic nitrogens is 2. The van der Waals surface area contributed by atoms with E-state index in [2.05, 4.69) is 4.98 Å². The van der Waals surface area contributed by atoms with Gasteiger partial charge in [-0.15, -0.1) is 0 Å². The molecule has 1 N–H and O–H groups in total. The molecule has 11 heteroatoms. The second-order valence-corrected chi connectivity index (χ2v) is 7.81. The van der Waals surface area contributed by atoms with E-state index in [1.807, 2.05) is 0 Å². The number of morpholine rings is 1. The standard InChI is InChI=1S/C14H22N4O6S/c1-25(22,23)18(10-14(20)21)9-12-8-17(6-7-24-12)13(19)2-4-16-5-3-15-11-16/h3,5,11-12H,2,4,6-10H2,1H3,(H,20,21). The van der Waals surface area contributed by atoms with Gasteiger partial charge >= 0.3 is 5.97 Å². The van der Waals surface area contributed by atoms with Gasteiger partial charge in [0.25, 0.3) is 0 Å². The summed E-state index contributed by atoms with van der Waals surface area (Å²) in [4.78, 5) is 28.7. The van der Waals surface area contributed by atoms with Gasteiger partial charge < -0.3 is 19.3 Å². The zero-order valence-corrected chi connectivity index (χ0v) is 14.8. The second-order valence-electron chi connectivity index (χ2n) is 5.83. The van der Waals surface area contributed by atoms with Gasteiger partial charge in [-0.25, -0.2) is 13.4 Å². The first-order valence-electron chi connectivity index (χ1n) is 7.77. The summed E-state index contributed by atoms with van der Waals surface area (Å²) < 4.78 is 31.6. The largest absolute Gasteiger partial charge is 0.480 e. The van der Waals surface area contributed by atoms with Gasteiger partial charge in [-0.2, -0.15) is 4.31 Å². The number of nitrogens with zero attached hydrogens (tertiary/aromatic N) is 4. The summed E-state index contributed by atoms with van der Waals surface area (Å²) >= 11 is 0. The van der Waals surface area contributed by atoms with Crippen molar-refractivity contribution >= 4 is 21.9 Å². The van der Waals surface area contributed by atoms with Gasteiger partial charge in [0.15, 0.2) is 0 Å². The Kier molecular flexibility index (Phi) is 6.51. The fourth-order valence-electron chi connectivity index (χ4n) is 2.55. The number of carbonyl (C=O) groups is 2. The van der Waals surface area contributed by atoms with Crippen LogP contribution in [0.25, 0.3) is 0 Å². The van der Waals surface area contributed by atoms with Crippen molar-refractivity contribution in [3.8, 4) is 0 Å². The minimum absolute atomic E-state index is 0.0638. The van der Waals surface area contributed by atoms with Crippen molar-refractivity contribution in [2.24, 2.45) is 0 Å². The number of ether oxygens (including phenoxy) is 1. The van der Waals surface area contributed by atoms with Gasteiger partial charge in [0, 0.05) is 45.0 Å². The maximum atomic E-state index is 12.3. The minimum Gasteiger partial charge on any atom is -0.480 e. The van der Waals surface area contributed by atoms with Crippen molar-refractivity contribution in [3.05, 3.63) is 18.7 Å². The molecule has 1 aliphatic heterocycles. The molecule has 1 saturated heterocycles. The molecule has 0 spiro atoms. The number of aryl methyl sites for hydroxylation is 1. The number of rotatable bonds is 8. The molecule has 1 aliphatic rings. The van der Waals surface area contributed by atoms with Crippen LogP contribution in [-0.2, 0) is 30.9 Å². The van der Waals surface area contributed by atoms with Crippen molar-refractivity contribution in [1.29, 1.82) is 0 Å². The Morgan fingerprint density at radius 3 is 2.80 bits per heavy atom. The fourth-order valence-corrected chi connectivity index (χ4v) is 3.34. The molecule has 1 fully saturated rings. The highest BCUT2D eigenvalue weighted by Gasteiger charge is 2.29. The predicted octanol–water partition coefficient (Wildman–Crippen LogP) is -1.15. The van der Waals surface area contributed by atoms with Crippen LogP contribution in [0.1, 0.15) is 6.42 Å². The van der Waals surface area contributed by atoms with E-state index in [0.717, 1.165) is 10.6 Å². The van der Waals surface area contributed by atoms with Gasteiger partial charge in [-0.1, -0.05) is 0 Å². The van der Waals surface area contributed by atoms with Crippen LogP contribution in [0.5, 0.6) is 0 Å². The third kappa shape index (κ3) is 6.11. The normalized spacial score (nSPS) is 18.5. The molecule has 140 valence electrons. The zero-order chi connectivity index (χ0) is 18.4. The number of carboxylic acid groups (broad SMARTS) is 1. The van der Waals surface area contributed by atoms with Crippen LogP contribution >= 0.6 is 0 Å². The van der Waals surface area contributed by atoms with Crippen LogP contribution in [0.15, 0.2) is 18.7 Å². The number of imidazole rings is 1. The van der Waals surface area contributed by atoms with E-state index in [1.54, 1.807) is 28.2 Å². The number of sulfonamides is 1. The maximum Gasteiger partial charge on any atom is 0.318 e. The van der Waals surface area contributed by atoms with Crippen molar-refractivity contribution < 1.29 is 27.9 Å². The summed E-state index contributed by atoms with van der Waals surface area (Å²) in [5, 5.41) is 8.86. The molecule has 0 radical (unpaired) electrons. The van der Waals surface area contributed by atoms with E-state index < -0.39 is 28.6 Å². The lowest BCUT2D eigenvalue weighted by atomic mass is 10.2. The summed E-state index contributed by atoms with van der Waals surface area (Å²) in [6.07, 6.45) is 5.73. The fraction of sp³-hybridized carbons (Fsp3) is 0.643. The Hall–Kier alpha value is -1.98. The molecule has 0 saturated carbocycles. The maximum absolute atomic E-state index is 12.3. The van der Waals surface area contributed by atoms with E-state index in [4.69, 9.17) is 9.84 Å². The molecular weight excluding hydrogens is 352 g/mol. The number of carbonyl (C=O) groups excluding carboxylic acids is 1. The van der Waals surface area contributed by atoms with Crippen molar-refractivity contribution in [3.63, 3.8) is 0 Å². The van der Waals surface area contributed by atoms with Gasteiger partial charge in [0.1, 0.15) is 6.54 Å². The molecular formula is C14H22N4O6S. The van der Waals surface area contributed by atoms with Crippen LogP contribution in [0, 0.1) is 0 Å². The third-order valence-electron chi connectivity index (χ3n) is 3.82. The van der Waals surface area contributed by atoms with Crippen LogP contribution < -0.4 is 0 Å². The molecule has 1 amide bonds. The molecule has 0 bridgehead atoms. The van der Waals surface area contributed by atoms with Crippen LogP contribution in [-0.4, -0.2) is 89.3 Å². The molecule has 25 heavy (non-hydrogen) atoms. The van der Waals surface area contributed by atoms with Crippen LogP contribution in [0.4, 0.5) is 0 Å². The molecule has 0 aliphatic carbocycles. The first-order chi connectivity index (χ1) is 11.8. The van der Waals surface area contributed by atoms with Crippen molar-refractivity contribution in [1.82, 2.24) is 18.8 Å². The first kappa shape index (κ1) is 19.3. The van der Waals surface area contributed by atoms with Gasteiger partial charge in [0.2, 0.25) is 15.9 Å². The summed E-state index contributed by atoms with van der Waals surface area (Å²) in [6, 6.07) is 0. The molecule has 2 rings (SSSR count). The summed E-state index contributed by atoms with van der Waals surface area (Å²) in [5.41, 5.74) is 0. The highest BCUT2D eigenvalue weighted by Crippen LogP contribution is 2.11. The molecule has 10 nitrogen and oxygen atoms in total. The van der Waals surface area contributed by atoms with Gasteiger partial charge in [-0.05, 0) is 0 Å². The SMILES string of the molecule is CS(=O)(=O)N(CC(=O)O)CC1CN(C(=O)CCn2ccnc2)CCO1. The molecule has 1 atom stereocenters. The summed E-state index contributed by atoms with van der Waals surface area (Å²) in [7, 11) is -3.68. The van der Waals surface area contributed by atoms with E-state index in [9.17, 15) is 18.0 Å². The summed E-state index contributed by atoms with van der Waals surface area (Å²) in [5.74, 6) is -1.30. The second kappa shape index (κ2) is 8.41. The number of carboxylic acids is 1. The number of hydrogen-bond donors (Lipinski definition) is 1. The molecule has 1 unspecified atom stereocenters. The lowest BCUT2D eigenvalue weighted by Gasteiger charge is -2.35. The van der Waals surface area contributed by atoms with Crippen molar-refractivity contribution in [2.75, 3.05) is 39.0 Å².